The van der Waals surface area contributed by atoms with Gasteiger partial charge in [-0.2, -0.15) is 4.98 Å². The fourth-order valence-electron chi connectivity index (χ4n) is 3.68. The maximum Gasteiger partial charge on any atom is 0.488 e. The van der Waals surface area contributed by atoms with Crippen molar-refractivity contribution in [1.82, 2.24) is 15.2 Å². The minimum absolute atomic E-state index is 0.0328. The van der Waals surface area contributed by atoms with Crippen LogP contribution < -0.4 is 15.7 Å². The molecule has 0 amide bonds. The summed E-state index contributed by atoms with van der Waals surface area (Å²) in [6.07, 6.45) is 0.645. The summed E-state index contributed by atoms with van der Waals surface area (Å²) in [5.41, 5.74) is 3.63. The number of fused-ring (bicyclic) bond motifs is 1. The van der Waals surface area contributed by atoms with Crippen molar-refractivity contribution in [3.05, 3.63) is 65.1 Å². The molecule has 1 atom stereocenters. The molecule has 29 heavy (non-hydrogen) atoms. The Morgan fingerprint density at radius 2 is 2.00 bits per heavy atom. The smallest absolute Gasteiger partial charge is 0.423 e. The zero-order chi connectivity index (χ0) is 20.5. The van der Waals surface area contributed by atoms with Gasteiger partial charge in [0.25, 0.3) is 5.95 Å². The molecule has 0 spiro atoms. The van der Waals surface area contributed by atoms with E-state index < -0.39 is 7.12 Å². The SMILES string of the molecule is Cc1nnc(N2c3cccc(B(O)O)c3CC2C)nc1NCc1cccc(F)c1. The average molecular weight is 393 g/mol. The van der Waals surface area contributed by atoms with Crippen molar-refractivity contribution < 1.29 is 14.4 Å². The van der Waals surface area contributed by atoms with Crippen LogP contribution in [0, 0.1) is 12.7 Å². The maximum atomic E-state index is 13.4. The van der Waals surface area contributed by atoms with Crippen molar-refractivity contribution in [2.75, 3.05) is 10.2 Å². The minimum atomic E-state index is -1.53. The number of rotatable bonds is 5. The monoisotopic (exact) mass is 393 g/mol. The van der Waals surface area contributed by atoms with Gasteiger partial charge in [0.2, 0.25) is 0 Å². The number of aryl methyl sites for hydroxylation is 1. The second kappa shape index (κ2) is 7.77. The van der Waals surface area contributed by atoms with E-state index in [-0.39, 0.29) is 11.9 Å². The van der Waals surface area contributed by atoms with Gasteiger partial charge in [-0.15, -0.1) is 10.2 Å². The van der Waals surface area contributed by atoms with Crippen molar-refractivity contribution in [1.29, 1.82) is 0 Å². The molecule has 4 rings (SSSR count). The first-order chi connectivity index (χ1) is 13.9. The molecule has 3 aromatic rings. The predicted molar refractivity (Wildman–Crippen MR) is 110 cm³/mol. The van der Waals surface area contributed by atoms with Crippen LogP contribution in [0.4, 0.5) is 21.8 Å². The first-order valence-corrected chi connectivity index (χ1v) is 9.41. The molecule has 0 radical (unpaired) electrons. The zero-order valence-electron chi connectivity index (χ0n) is 16.2. The lowest BCUT2D eigenvalue weighted by Crippen LogP contribution is -2.32. The fraction of sp³-hybridized carbons (Fsp3) is 0.250. The van der Waals surface area contributed by atoms with Crippen LogP contribution in [0.5, 0.6) is 0 Å². The van der Waals surface area contributed by atoms with E-state index >= 15 is 0 Å². The lowest BCUT2D eigenvalue weighted by Gasteiger charge is -2.23. The summed E-state index contributed by atoms with van der Waals surface area (Å²) in [5, 5.41) is 31.0. The van der Waals surface area contributed by atoms with Crippen LogP contribution in [0.15, 0.2) is 42.5 Å². The van der Waals surface area contributed by atoms with Crippen molar-refractivity contribution in [2.24, 2.45) is 0 Å². The van der Waals surface area contributed by atoms with Gasteiger partial charge in [0, 0.05) is 18.3 Å². The van der Waals surface area contributed by atoms with Crippen molar-refractivity contribution >= 4 is 30.0 Å². The van der Waals surface area contributed by atoms with Gasteiger partial charge in [-0.05, 0) is 55.1 Å². The lowest BCUT2D eigenvalue weighted by molar-refractivity contribution is 0.425. The van der Waals surface area contributed by atoms with Crippen molar-refractivity contribution in [3.63, 3.8) is 0 Å². The van der Waals surface area contributed by atoms with Gasteiger partial charge in [0.05, 0.1) is 0 Å². The quantitative estimate of drug-likeness (QED) is 0.568. The Morgan fingerprint density at radius 1 is 1.21 bits per heavy atom. The van der Waals surface area contributed by atoms with Gasteiger partial charge >= 0.3 is 7.12 Å². The van der Waals surface area contributed by atoms with Gasteiger partial charge in [0.15, 0.2) is 5.82 Å². The first kappa shape index (κ1) is 19.3. The highest BCUT2D eigenvalue weighted by atomic mass is 19.1. The fourth-order valence-corrected chi connectivity index (χ4v) is 3.68. The van der Waals surface area contributed by atoms with E-state index in [0.29, 0.717) is 35.9 Å². The largest absolute Gasteiger partial charge is 0.488 e. The topological polar surface area (TPSA) is 94.4 Å². The van der Waals surface area contributed by atoms with Gasteiger partial charge < -0.3 is 20.3 Å². The Balaban J connectivity index is 1.64. The third kappa shape index (κ3) is 3.79. The summed E-state index contributed by atoms with van der Waals surface area (Å²) in [7, 11) is -1.53. The van der Waals surface area contributed by atoms with E-state index in [0.717, 1.165) is 16.8 Å². The molecule has 2 aromatic carbocycles. The number of benzene rings is 2. The molecule has 2 heterocycles. The molecule has 1 aromatic heterocycles. The Kier molecular flexibility index (Phi) is 5.17. The third-order valence-corrected chi connectivity index (χ3v) is 5.07. The van der Waals surface area contributed by atoms with Crippen LogP contribution in [0.3, 0.4) is 0 Å². The molecule has 7 nitrogen and oxygen atoms in total. The van der Waals surface area contributed by atoms with E-state index in [2.05, 4.69) is 20.5 Å². The molecular weight excluding hydrogens is 372 g/mol. The number of anilines is 3. The van der Waals surface area contributed by atoms with Crippen LogP contribution in [-0.2, 0) is 13.0 Å². The molecule has 1 aliphatic heterocycles. The van der Waals surface area contributed by atoms with Crippen LogP contribution in [0.1, 0.15) is 23.7 Å². The summed E-state index contributed by atoms with van der Waals surface area (Å²) >= 11 is 0. The second-order valence-corrected chi connectivity index (χ2v) is 7.17. The van der Waals surface area contributed by atoms with E-state index in [1.165, 1.54) is 12.1 Å². The Hall–Kier alpha value is -3.04. The summed E-state index contributed by atoms with van der Waals surface area (Å²) in [5.74, 6) is 0.707. The highest BCUT2D eigenvalue weighted by Gasteiger charge is 2.33. The summed E-state index contributed by atoms with van der Waals surface area (Å²) in [4.78, 5) is 6.58. The van der Waals surface area contributed by atoms with E-state index in [1.54, 1.807) is 25.1 Å². The Morgan fingerprint density at radius 3 is 2.76 bits per heavy atom. The minimum Gasteiger partial charge on any atom is -0.423 e. The molecule has 0 fully saturated rings. The Labute approximate surface area is 168 Å². The summed E-state index contributed by atoms with van der Waals surface area (Å²) in [6.45, 7) is 4.24. The number of aromatic nitrogens is 3. The molecular formula is C20H21BFN5O2. The van der Waals surface area contributed by atoms with E-state index in [4.69, 9.17) is 0 Å². The Bertz CT molecular complexity index is 1050. The number of hydrogen-bond donors (Lipinski definition) is 3. The van der Waals surface area contributed by atoms with Crippen molar-refractivity contribution in [3.8, 4) is 0 Å². The van der Waals surface area contributed by atoms with E-state index in [9.17, 15) is 14.4 Å². The van der Waals surface area contributed by atoms with Crippen molar-refractivity contribution in [2.45, 2.75) is 32.9 Å². The summed E-state index contributed by atoms with van der Waals surface area (Å²) in [6, 6.07) is 11.8. The van der Waals surface area contributed by atoms with Crippen LogP contribution in [0.2, 0.25) is 0 Å². The number of hydrogen-bond acceptors (Lipinski definition) is 7. The molecule has 0 aliphatic carbocycles. The highest BCUT2D eigenvalue weighted by Crippen LogP contribution is 2.36. The molecule has 9 heteroatoms. The van der Waals surface area contributed by atoms with Gasteiger partial charge in [-0.25, -0.2) is 4.39 Å². The molecule has 0 bridgehead atoms. The first-order valence-electron chi connectivity index (χ1n) is 9.41. The standard InChI is InChI=1S/C20H21BFN5O2/c1-12-9-16-17(21(28)29)7-4-8-18(16)27(12)20-24-19(13(2)25-26-20)23-11-14-5-3-6-15(22)10-14/h3-8,10,12,28-29H,9,11H2,1-2H3,(H,23,24,26). The number of halogens is 1. The third-order valence-electron chi connectivity index (χ3n) is 5.07. The number of nitrogens with one attached hydrogen (secondary N) is 1. The molecule has 3 N–H and O–H groups in total. The molecule has 148 valence electrons. The van der Waals surface area contributed by atoms with Gasteiger partial charge in [-0.3, -0.25) is 0 Å². The molecule has 0 saturated heterocycles. The normalized spacial score (nSPS) is 15.3. The molecule has 1 unspecified atom stereocenters. The van der Waals surface area contributed by atoms with Crippen LogP contribution in [-0.4, -0.2) is 38.4 Å². The highest BCUT2D eigenvalue weighted by molar-refractivity contribution is 6.59. The predicted octanol–water partition coefficient (Wildman–Crippen LogP) is 1.69. The number of nitrogens with zero attached hydrogens (tertiary/aromatic N) is 4. The second-order valence-electron chi connectivity index (χ2n) is 7.17. The van der Waals surface area contributed by atoms with E-state index in [1.807, 2.05) is 24.0 Å². The summed E-state index contributed by atoms with van der Waals surface area (Å²) < 4.78 is 13.4. The van der Waals surface area contributed by atoms with Gasteiger partial charge in [-0.1, -0.05) is 24.3 Å². The molecule has 1 aliphatic rings. The molecule has 0 saturated carbocycles. The van der Waals surface area contributed by atoms with Crippen LogP contribution in [0.25, 0.3) is 0 Å². The van der Waals surface area contributed by atoms with Crippen LogP contribution >= 0.6 is 0 Å². The zero-order valence-corrected chi connectivity index (χ0v) is 16.2. The van der Waals surface area contributed by atoms with Gasteiger partial charge in [0.1, 0.15) is 11.5 Å². The average Bonchev–Trinajstić information content (AvgIpc) is 3.03. The lowest BCUT2D eigenvalue weighted by atomic mass is 9.76. The maximum absolute atomic E-state index is 13.4.